The zero-order valence-electron chi connectivity index (χ0n) is 15.2. The van der Waals surface area contributed by atoms with Crippen molar-refractivity contribution in [1.29, 1.82) is 0 Å². The zero-order valence-corrected chi connectivity index (χ0v) is 15.2. The molecule has 0 spiro atoms. The van der Waals surface area contributed by atoms with Crippen molar-refractivity contribution in [2.75, 3.05) is 11.9 Å². The van der Waals surface area contributed by atoms with Crippen LogP contribution in [0.15, 0.2) is 48.5 Å². The minimum absolute atomic E-state index is 0.0711. The van der Waals surface area contributed by atoms with Gasteiger partial charge in [0.25, 0.3) is 0 Å². The van der Waals surface area contributed by atoms with Gasteiger partial charge in [-0.05, 0) is 48.6 Å². The molecule has 0 radical (unpaired) electrons. The van der Waals surface area contributed by atoms with E-state index in [4.69, 9.17) is 4.79 Å². The standard InChI is InChI=1S/C21H24FN.CH2O/c1-4-21(5-2,16-9-11-17(22)12-10-16)19-13-14-23-20-15(3)7-6-8-18(19)20;1-2/h6-13,23H,4-5,14H2,1-3H3;1H2. The molecule has 0 aromatic heterocycles. The molecule has 1 N–H and O–H groups in total. The normalized spacial score (nSPS) is 13.0. The van der Waals surface area contributed by atoms with Crippen molar-refractivity contribution in [3.05, 3.63) is 71.0 Å². The molecule has 0 saturated carbocycles. The fraction of sp³-hybridized carbons (Fsp3) is 0.318. The van der Waals surface area contributed by atoms with Gasteiger partial charge >= 0.3 is 0 Å². The number of halogens is 1. The third-order valence-corrected chi connectivity index (χ3v) is 5.27. The average Bonchev–Trinajstić information content (AvgIpc) is 2.67. The Balaban J connectivity index is 0.00000109. The summed E-state index contributed by atoms with van der Waals surface area (Å²) in [7, 11) is 0. The van der Waals surface area contributed by atoms with E-state index in [0.29, 0.717) is 0 Å². The molecule has 0 fully saturated rings. The van der Waals surface area contributed by atoms with Crippen molar-refractivity contribution < 1.29 is 9.18 Å². The van der Waals surface area contributed by atoms with Crippen molar-refractivity contribution in [2.24, 2.45) is 0 Å². The monoisotopic (exact) mass is 339 g/mol. The number of nitrogens with one attached hydrogen (secondary N) is 1. The largest absolute Gasteiger partial charge is 0.381 e. The van der Waals surface area contributed by atoms with Crippen molar-refractivity contribution in [3.8, 4) is 0 Å². The molecule has 0 saturated heterocycles. The SMILES string of the molecule is C=O.CCC(CC)(C1=CCNc2c(C)cccc21)c1ccc(F)cc1. The van der Waals surface area contributed by atoms with Crippen LogP contribution in [-0.2, 0) is 10.2 Å². The fourth-order valence-corrected chi connectivity index (χ4v) is 3.91. The summed E-state index contributed by atoms with van der Waals surface area (Å²) in [5, 5.41) is 3.51. The first-order valence-corrected chi connectivity index (χ1v) is 8.71. The number of carbonyl (C=O) groups is 1. The van der Waals surface area contributed by atoms with Crippen LogP contribution in [0.4, 0.5) is 10.1 Å². The lowest BCUT2D eigenvalue weighted by molar-refractivity contribution is -0.0979. The highest BCUT2D eigenvalue weighted by Gasteiger charge is 2.35. The predicted molar refractivity (Wildman–Crippen MR) is 103 cm³/mol. The van der Waals surface area contributed by atoms with Crippen molar-refractivity contribution in [2.45, 2.75) is 39.0 Å². The maximum absolute atomic E-state index is 13.4. The van der Waals surface area contributed by atoms with Crippen LogP contribution < -0.4 is 5.32 Å². The molecule has 0 unspecified atom stereocenters. The Morgan fingerprint density at radius 2 is 1.72 bits per heavy atom. The second-order valence-corrected chi connectivity index (χ2v) is 6.29. The van der Waals surface area contributed by atoms with Crippen LogP contribution >= 0.6 is 0 Å². The zero-order chi connectivity index (χ0) is 18.4. The summed E-state index contributed by atoms with van der Waals surface area (Å²) in [6.07, 6.45) is 4.29. The van der Waals surface area contributed by atoms with Crippen molar-refractivity contribution in [1.82, 2.24) is 0 Å². The third kappa shape index (κ3) is 3.37. The Morgan fingerprint density at radius 1 is 1.08 bits per heavy atom. The minimum atomic E-state index is -0.176. The van der Waals surface area contributed by atoms with E-state index in [1.165, 1.54) is 28.0 Å². The van der Waals surface area contributed by atoms with Crippen LogP contribution in [0.3, 0.4) is 0 Å². The van der Waals surface area contributed by atoms with Crippen LogP contribution in [-0.4, -0.2) is 13.3 Å². The maximum atomic E-state index is 13.4. The molecule has 1 heterocycles. The molecule has 1 aliphatic heterocycles. The molecule has 0 atom stereocenters. The first-order chi connectivity index (χ1) is 12.1. The second-order valence-electron chi connectivity index (χ2n) is 6.29. The van der Waals surface area contributed by atoms with Gasteiger partial charge < -0.3 is 10.1 Å². The number of carbonyl (C=O) groups excluding carboxylic acids is 1. The fourth-order valence-electron chi connectivity index (χ4n) is 3.91. The van der Waals surface area contributed by atoms with E-state index in [1.807, 2.05) is 18.9 Å². The van der Waals surface area contributed by atoms with E-state index >= 15 is 0 Å². The van der Waals surface area contributed by atoms with Crippen molar-refractivity contribution in [3.63, 3.8) is 0 Å². The van der Waals surface area contributed by atoms with Gasteiger partial charge in [0.15, 0.2) is 0 Å². The molecule has 0 bridgehead atoms. The topological polar surface area (TPSA) is 29.1 Å². The summed E-state index contributed by atoms with van der Waals surface area (Å²) < 4.78 is 13.4. The highest BCUT2D eigenvalue weighted by atomic mass is 19.1. The maximum Gasteiger partial charge on any atom is 0.123 e. The number of allylic oxidation sites excluding steroid dienone is 1. The lowest BCUT2D eigenvalue weighted by Gasteiger charge is -2.38. The average molecular weight is 339 g/mol. The molecule has 1 aliphatic rings. The minimum Gasteiger partial charge on any atom is -0.381 e. The summed E-state index contributed by atoms with van der Waals surface area (Å²) in [4.78, 5) is 8.00. The van der Waals surface area contributed by atoms with Gasteiger partial charge in [-0.15, -0.1) is 0 Å². The van der Waals surface area contributed by atoms with Crippen LogP contribution in [0, 0.1) is 12.7 Å². The Bertz CT molecular complexity index is 745. The molecule has 2 aromatic rings. The summed E-state index contributed by atoms with van der Waals surface area (Å²) in [6.45, 7) is 9.44. The first-order valence-electron chi connectivity index (χ1n) is 8.71. The van der Waals surface area contributed by atoms with E-state index < -0.39 is 0 Å². The number of rotatable bonds is 4. The molecule has 3 rings (SSSR count). The van der Waals surface area contributed by atoms with E-state index in [9.17, 15) is 4.39 Å². The van der Waals surface area contributed by atoms with Crippen LogP contribution in [0.5, 0.6) is 0 Å². The van der Waals surface area contributed by atoms with Crippen LogP contribution in [0.25, 0.3) is 5.57 Å². The summed E-state index contributed by atoms with van der Waals surface area (Å²) >= 11 is 0. The molecule has 2 nitrogen and oxygen atoms in total. The van der Waals surface area contributed by atoms with Gasteiger partial charge in [0.1, 0.15) is 12.6 Å². The number of aryl methyl sites for hydroxylation is 1. The summed E-state index contributed by atoms with van der Waals surface area (Å²) in [6, 6.07) is 13.5. The van der Waals surface area contributed by atoms with E-state index in [2.05, 4.69) is 50.4 Å². The van der Waals surface area contributed by atoms with Gasteiger partial charge in [-0.2, -0.15) is 0 Å². The molecule has 2 aromatic carbocycles. The highest BCUT2D eigenvalue weighted by molar-refractivity contribution is 5.86. The molecule has 0 aliphatic carbocycles. The van der Waals surface area contributed by atoms with Crippen LogP contribution in [0.2, 0.25) is 0 Å². The lowest BCUT2D eigenvalue weighted by Crippen LogP contribution is -2.29. The molecule has 25 heavy (non-hydrogen) atoms. The Morgan fingerprint density at radius 3 is 2.32 bits per heavy atom. The molecule has 0 amide bonds. The smallest absolute Gasteiger partial charge is 0.123 e. The number of fused-ring (bicyclic) bond motifs is 1. The van der Waals surface area contributed by atoms with Gasteiger partial charge in [-0.1, -0.05) is 50.3 Å². The molecular weight excluding hydrogens is 313 g/mol. The van der Waals surface area contributed by atoms with Crippen LogP contribution in [0.1, 0.15) is 43.4 Å². The lowest BCUT2D eigenvalue weighted by atomic mass is 9.67. The van der Waals surface area contributed by atoms with Gasteiger partial charge in [-0.3, -0.25) is 0 Å². The quantitative estimate of drug-likeness (QED) is 0.795. The molecular formula is C22H26FNO. The second kappa shape index (κ2) is 8.11. The Kier molecular flexibility index (Phi) is 6.13. The molecule has 3 heteroatoms. The number of benzene rings is 2. The van der Waals surface area contributed by atoms with Crippen molar-refractivity contribution >= 4 is 18.0 Å². The first kappa shape index (κ1) is 18.9. The predicted octanol–water partition coefficient (Wildman–Crippen LogP) is 5.52. The molecule has 132 valence electrons. The van der Waals surface area contributed by atoms with Gasteiger partial charge in [-0.25, -0.2) is 4.39 Å². The van der Waals surface area contributed by atoms with E-state index in [-0.39, 0.29) is 11.2 Å². The van der Waals surface area contributed by atoms with Gasteiger partial charge in [0.2, 0.25) is 0 Å². The summed E-state index contributed by atoms with van der Waals surface area (Å²) in [5.41, 5.74) is 6.28. The Hall–Kier alpha value is -2.42. The number of para-hydroxylation sites is 1. The Labute approximate surface area is 149 Å². The van der Waals surface area contributed by atoms with Gasteiger partial charge in [0.05, 0.1) is 0 Å². The summed E-state index contributed by atoms with van der Waals surface area (Å²) in [5.74, 6) is -0.176. The number of hydrogen-bond acceptors (Lipinski definition) is 2. The van der Waals surface area contributed by atoms with E-state index in [1.54, 1.807) is 12.1 Å². The number of anilines is 1. The highest BCUT2D eigenvalue weighted by Crippen LogP contribution is 2.47. The van der Waals surface area contributed by atoms with E-state index in [0.717, 1.165) is 19.4 Å². The van der Waals surface area contributed by atoms with Gasteiger partial charge in [0, 0.05) is 23.2 Å². The number of hydrogen-bond donors (Lipinski definition) is 1. The third-order valence-electron chi connectivity index (χ3n) is 5.27.